The van der Waals surface area contributed by atoms with Crippen molar-refractivity contribution in [2.24, 2.45) is 0 Å². The molecule has 0 saturated heterocycles. The molecule has 1 aromatic carbocycles. The first-order valence-electron chi connectivity index (χ1n) is 5.05. The fourth-order valence-corrected chi connectivity index (χ4v) is 1.86. The van der Waals surface area contributed by atoms with Crippen LogP contribution in [0.1, 0.15) is 29.3 Å². The SMILES string of the molecule is CC1CCc2ccc([N+](=O)[O-])c(C=O)c2O1. The minimum absolute atomic E-state index is 0.00629. The Labute approximate surface area is 92.2 Å². The van der Waals surface area contributed by atoms with Crippen molar-refractivity contribution < 1.29 is 14.5 Å². The van der Waals surface area contributed by atoms with Crippen molar-refractivity contribution in [1.29, 1.82) is 0 Å². The van der Waals surface area contributed by atoms with Crippen LogP contribution in [0, 0.1) is 10.1 Å². The predicted molar refractivity (Wildman–Crippen MR) is 56.9 cm³/mol. The fourth-order valence-electron chi connectivity index (χ4n) is 1.86. The van der Waals surface area contributed by atoms with E-state index in [4.69, 9.17) is 4.74 Å². The van der Waals surface area contributed by atoms with E-state index in [0.717, 1.165) is 18.4 Å². The van der Waals surface area contributed by atoms with E-state index in [1.807, 2.05) is 6.92 Å². The first-order valence-corrected chi connectivity index (χ1v) is 5.05. The van der Waals surface area contributed by atoms with Gasteiger partial charge in [0.05, 0.1) is 11.0 Å². The Balaban J connectivity index is 2.59. The van der Waals surface area contributed by atoms with Crippen molar-refractivity contribution in [2.45, 2.75) is 25.9 Å². The summed E-state index contributed by atoms with van der Waals surface area (Å²) in [5, 5.41) is 10.7. The molecule has 1 atom stereocenters. The van der Waals surface area contributed by atoms with Crippen LogP contribution in [0.2, 0.25) is 0 Å². The lowest BCUT2D eigenvalue weighted by molar-refractivity contribution is -0.385. The highest BCUT2D eigenvalue weighted by molar-refractivity contribution is 5.86. The van der Waals surface area contributed by atoms with E-state index in [1.54, 1.807) is 6.07 Å². The molecule has 0 spiro atoms. The van der Waals surface area contributed by atoms with E-state index in [-0.39, 0.29) is 17.4 Å². The molecule has 0 aliphatic carbocycles. The van der Waals surface area contributed by atoms with Crippen LogP contribution in [0.3, 0.4) is 0 Å². The van der Waals surface area contributed by atoms with Crippen molar-refractivity contribution in [2.75, 3.05) is 0 Å². The molecule has 1 unspecified atom stereocenters. The quantitative estimate of drug-likeness (QED) is 0.435. The predicted octanol–water partition coefficient (Wildman–Crippen LogP) is 2.12. The molecule has 5 heteroatoms. The van der Waals surface area contributed by atoms with Crippen molar-refractivity contribution in [1.82, 2.24) is 0 Å². The van der Waals surface area contributed by atoms with Gasteiger partial charge in [0.2, 0.25) is 0 Å². The molecule has 0 fully saturated rings. The van der Waals surface area contributed by atoms with E-state index >= 15 is 0 Å². The average molecular weight is 221 g/mol. The number of benzene rings is 1. The zero-order valence-corrected chi connectivity index (χ0v) is 8.80. The van der Waals surface area contributed by atoms with E-state index in [9.17, 15) is 14.9 Å². The molecule has 0 N–H and O–H groups in total. The molecular formula is C11H11NO4. The number of carbonyl (C=O) groups excluding carboxylic acids is 1. The maximum Gasteiger partial charge on any atom is 0.283 e. The molecule has 1 aliphatic rings. The summed E-state index contributed by atoms with van der Waals surface area (Å²) in [5.74, 6) is 0.378. The number of hydrogen-bond acceptors (Lipinski definition) is 4. The zero-order chi connectivity index (χ0) is 11.7. The number of hydrogen-bond donors (Lipinski definition) is 0. The van der Waals surface area contributed by atoms with E-state index in [2.05, 4.69) is 0 Å². The number of ether oxygens (including phenoxy) is 1. The second-order valence-electron chi connectivity index (χ2n) is 3.83. The fraction of sp³-hybridized carbons (Fsp3) is 0.364. The zero-order valence-electron chi connectivity index (χ0n) is 8.80. The van der Waals surface area contributed by atoms with Crippen LogP contribution in [0.4, 0.5) is 5.69 Å². The Kier molecular flexibility index (Phi) is 2.60. The third kappa shape index (κ3) is 1.64. The largest absolute Gasteiger partial charge is 0.489 e. The second-order valence-corrected chi connectivity index (χ2v) is 3.83. The maximum absolute atomic E-state index is 10.9. The van der Waals surface area contributed by atoms with Gasteiger partial charge in [-0.15, -0.1) is 0 Å². The first-order chi connectivity index (χ1) is 7.63. The normalized spacial score (nSPS) is 18.4. The Morgan fingerprint density at radius 2 is 2.31 bits per heavy atom. The van der Waals surface area contributed by atoms with Crippen LogP contribution < -0.4 is 4.74 Å². The third-order valence-electron chi connectivity index (χ3n) is 2.71. The summed E-state index contributed by atoms with van der Waals surface area (Å²) in [6, 6.07) is 3.02. The number of rotatable bonds is 2. The highest BCUT2D eigenvalue weighted by atomic mass is 16.6. The summed E-state index contributed by atoms with van der Waals surface area (Å²) in [4.78, 5) is 21.1. The topological polar surface area (TPSA) is 69.4 Å². The summed E-state index contributed by atoms with van der Waals surface area (Å²) in [6.07, 6.45) is 2.14. The molecule has 84 valence electrons. The van der Waals surface area contributed by atoms with Gasteiger partial charge in [0.1, 0.15) is 11.3 Å². The standard InChI is InChI=1S/C11H11NO4/c1-7-2-3-8-4-5-10(12(14)15)9(6-13)11(8)16-7/h4-7H,2-3H2,1H3. The minimum Gasteiger partial charge on any atom is -0.489 e. The van der Waals surface area contributed by atoms with Gasteiger partial charge in [0.15, 0.2) is 6.29 Å². The smallest absolute Gasteiger partial charge is 0.283 e. The van der Waals surface area contributed by atoms with Gasteiger partial charge in [-0.25, -0.2) is 0 Å². The molecular weight excluding hydrogens is 210 g/mol. The lowest BCUT2D eigenvalue weighted by atomic mass is 9.99. The van der Waals surface area contributed by atoms with Crippen LogP contribution >= 0.6 is 0 Å². The molecule has 0 amide bonds. The Morgan fingerprint density at radius 1 is 1.56 bits per heavy atom. The molecule has 1 heterocycles. The van der Waals surface area contributed by atoms with E-state index in [1.165, 1.54) is 6.07 Å². The summed E-state index contributed by atoms with van der Waals surface area (Å²) < 4.78 is 5.51. The van der Waals surface area contributed by atoms with Gasteiger partial charge in [0.25, 0.3) is 5.69 Å². The van der Waals surface area contributed by atoms with Crippen molar-refractivity contribution in [3.05, 3.63) is 33.4 Å². The lowest BCUT2D eigenvalue weighted by Gasteiger charge is -2.24. The molecule has 16 heavy (non-hydrogen) atoms. The molecule has 0 saturated carbocycles. The molecule has 0 aromatic heterocycles. The van der Waals surface area contributed by atoms with Crippen LogP contribution in [-0.2, 0) is 6.42 Å². The van der Waals surface area contributed by atoms with E-state index in [0.29, 0.717) is 12.0 Å². The van der Waals surface area contributed by atoms with Crippen molar-refractivity contribution in [3.63, 3.8) is 0 Å². The van der Waals surface area contributed by atoms with Crippen molar-refractivity contribution in [3.8, 4) is 5.75 Å². The highest BCUT2D eigenvalue weighted by Gasteiger charge is 2.25. The summed E-state index contributed by atoms with van der Waals surface area (Å²) in [5.41, 5.74) is 0.725. The summed E-state index contributed by atoms with van der Waals surface area (Å²) >= 11 is 0. The van der Waals surface area contributed by atoms with Crippen LogP contribution in [0.25, 0.3) is 0 Å². The number of nitro groups is 1. The third-order valence-corrected chi connectivity index (χ3v) is 2.71. The summed E-state index contributed by atoms with van der Waals surface area (Å²) in [7, 11) is 0. The van der Waals surface area contributed by atoms with Crippen LogP contribution in [0.5, 0.6) is 5.75 Å². The van der Waals surface area contributed by atoms with E-state index < -0.39 is 4.92 Å². The average Bonchev–Trinajstić information content (AvgIpc) is 2.27. The van der Waals surface area contributed by atoms with Gasteiger partial charge >= 0.3 is 0 Å². The van der Waals surface area contributed by atoms with Gasteiger partial charge in [-0.05, 0) is 31.4 Å². The van der Waals surface area contributed by atoms with Crippen LogP contribution in [0.15, 0.2) is 12.1 Å². The second kappa shape index (κ2) is 3.92. The maximum atomic E-state index is 10.9. The lowest BCUT2D eigenvalue weighted by Crippen LogP contribution is -2.20. The van der Waals surface area contributed by atoms with Gasteiger partial charge in [0, 0.05) is 6.07 Å². The van der Waals surface area contributed by atoms with Crippen LogP contribution in [-0.4, -0.2) is 17.3 Å². The van der Waals surface area contributed by atoms with Gasteiger partial charge in [-0.3, -0.25) is 14.9 Å². The number of aldehydes is 1. The monoisotopic (exact) mass is 221 g/mol. The molecule has 5 nitrogen and oxygen atoms in total. The Hall–Kier alpha value is -1.91. The molecule has 1 aromatic rings. The highest BCUT2D eigenvalue weighted by Crippen LogP contribution is 2.35. The number of nitro benzene ring substituents is 1. The Bertz CT molecular complexity index is 456. The molecule has 2 rings (SSSR count). The number of fused-ring (bicyclic) bond motifs is 1. The van der Waals surface area contributed by atoms with Gasteiger partial charge < -0.3 is 4.74 Å². The first kappa shape index (κ1) is 10.6. The minimum atomic E-state index is -0.563. The summed E-state index contributed by atoms with van der Waals surface area (Å²) in [6.45, 7) is 1.89. The van der Waals surface area contributed by atoms with Gasteiger partial charge in [-0.2, -0.15) is 0 Å². The van der Waals surface area contributed by atoms with Crippen molar-refractivity contribution >= 4 is 12.0 Å². The molecule has 0 radical (unpaired) electrons. The number of carbonyl (C=O) groups is 1. The number of nitrogens with zero attached hydrogens (tertiary/aromatic N) is 1. The van der Waals surface area contributed by atoms with Gasteiger partial charge in [-0.1, -0.05) is 0 Å². The molecule has 0 bridgehead atoms. The Morgan fingerprint density at radius 3 is 2.94 bits per heavy atom. The molecule has 1 aliphatic heterocycles. The number of aryl methyl sites for hydroxylation is 1.